The molecule has 0 unspecified atom stereocenters. The minimum absolute atomic E-state index is 0.0836. The van der Waals surface area contributed by atoms with Crippen molar-refractivity contribution >= 4 is 16.2 Å². The first kappa shape index (κ1) is 15.4. The van der Waals surface area contributed by atoms with Gasteiger partial charge >= 0.3 is 0 Å². The van der Waals surface area contributed by atoms with Crippen molar-refractivity contribution in [1.29, 1.82) is 0 Å². The van der Waals surface area contributed by atoms with Crippen molar-refractivity contribution in [2.75, 3.05) is 19.3 Å². The van der Waals surface area contributed by atoms with Crippen molar-refractivity contribution in [2.45, 2.75) is 18.8 Å². The zero-order valence-corrected chi connectivity index (χ0v) is 13.6. The molecule has 22 heavy (non-hydrogen) atoms. The average Bonchev–Trinajstić information content (AvgIpc) is 3.05. The van der Waals surface area contributed by atoms with E-state index in [2.05, 4.69) is 11.6 Å². The fourth-order valence-corrected chi connectivity index (χ4v) is 3.97. The van der Waals surface area contributed by atoms with E-state index in [0.29, 0.717) is 6.54 Å². The van der Waals surface area contributed by atoms with Gasteiger partial charge in [0.15, 0.2) is 6.23 Å². The van der Waals surface area contributed by atoms with E-state index < -0.39 is 15.6 Å². The number of nitrogens with zero attached hydrogens (tertiary/aromatic N) is 2. The fraction of sp³-hybridized carbons (Fsp3) is 0.438. The van der Waals surface area contributed by atoms with Crippen LogP contribution in [-0.2, 0) is 14.8 Å². The molecule has 0 amide bonds. The van der Waals surface area contributed by atoms with E-state index in [-0.39, 0.29) is 18.7 Å². The van der Waals surface area contributed by atoms with Crippen LogP contribution in [0, 0.1) is 5.92 Å². The minimum Gasteiger partial charge on any atom is -0.338 e. The van der Waals surface area contributed by atoms with Gasteiger partial charge in [-0.3, -0.25) is 4.99 Å². The number of hydrogen-bond acceptors (Lipinski definition) is 4. The monoisotopic (exact) mass is 320 g/mol. The minimum atomic E-state index is -3.26. The van der Waals surface area contributed by atoms with Crippen molar-refractivity contribution in [3.63, 3.8) is 0 Å². The summed E-state index contributed by atoms with van der Waals surface area (Å²) in [4.78, 5) is 4.48. The Hall–Kier alpha value is -1.50. The van der Waals surface area contributed by atoms with E-state index in [4.69, 9.17) is 4.74 Å². The summed E-state index contributed by atoms with van der Waals surface area (Å²) in [5.74, 6) is -0.0836. The molecule has 2 aliphatic rings. The van der Waals surface area contributed by atoms with Crippen LogP contribution in [-0.4, -0.2) is 43.9 Å². The highest BCUT2D eigenvalue weighted by molar-refractivity contribution is 7.88. The number of sulfonamides is 1. The van der Waals surface area contributed by atoms with Crippen molar-refractivity contribution in [3.8, 4) is 0 Å². The van der Waals surface area contributed by atoms with Crippen LogP contribution < -0.4 is 0 Å². The number of rotatable bonds is 3. The number of benzene rings is 1. The van der Waals surface area contributed by atoms with E-state index in [1.165, 1.54) is 10.6 Å². The third kappa shape index (κ3) is 2.62. The molecule has 0 N–H and O–H groups in total. The Morgan fingerprint density at radius 1 is 1.41 bits per heavy atom. The van der Waals surface area contributed by atoms with Gasteiger partial charge in [-0.1, -0.05) is 42.5 Å². The summed E-state index contributed by atoms with van der Waals surface area (Å²) in [5, 5.41) is 0. The first-order valence-corrected chi connectivity index (χ1v) is 9.04. The summed E-state index contributed by atoms with van der Waals surface area (Å²) in [6, 6.07) is 9.73. The third-order valence-electron chi connectivity index (χ3n) is 4.31. The van der Waals surface area contributed by atoms with E-state index in [9.17, 15) is 8.42 Å². The number of ether oxygens (including phenoxy) is 1. The lowest BCUT2D eigenvalue weighted by atomic mass is 9.87. The summed E-state index contributed by atoms with van der Waals surface area (Å²) >= 11 is 0. The lowest BCUT2D eigenvalue weighted by Gasteiger charge is -2.28. The van der Waals surface area contributed by atoms with Gasteiger partial charge in [0.05, 0.1) is 6.26 Å². The second kappa shape index (κ2) is 5.30. The van der Waals surface area contributed by atoms with Crippen molar-refractivity contribution in [3.05, 3.63) is 48.0 Å². The predicted octanol–water partition coefficient (Wildman–Crippen LogP) is 1.99. The first-order chi connectivity index (χ1) is 10.3. The van der Waals surface area contributed by atoms with Crippen molar-refractivity contribution in [2.24, 2.45) is 10.9 Å². The molecule has 118 valence electrons. The Bertz CT molecular complexity index is 714. The van der Waals surface area contributed by atoms with E-state index in [0.717, 1.165) is 11.1 Å². The Kier molecular flexibility index (Phi) is 3.71. The van der Waals surface area contributed by atoms with Gasteiger partial charge in [-0.15, -0.1) is 0 Å². The zero-order chi connectivity index (χ0) is 16.0. The maximum atomic E-state index is 11.9. The van der Waals surface area contributed by atoms with Gasteiger partial charge < -0.3 is 4.74 Å². The Morgan fingerprint density at radius 3 is 2.68 bits per heavy atom. The van der Waals surface area contributed by atoms with Crippen LogP contribution in [0.25, 0.3) is 0 Å². The smallest absolute Gasteiger partial charge is 0.211 e. The molecule has 0 aromatic heterocycles. The van der Waals surface area contributed by atoms with Crippen molar-refractivity contribution < 1.29 is 13.2 Å². The fourth-order valence-electron chi connectivity index (χ4n) is 3.12. The highest BCUT2D eigenvalue weighted by atomic mass is 32.2. The molecule has 1 fully saturated rings. The highest BCUT2D eigenvalue weighted by Gasteiger charge is 2.53. The van der Waals surface area contributed by atoms with Crippen LogP contribution in [0.4, 0.5) is 0 Å². The Balaban J connectivity index is 1.90. The van der Waals surface area contributed by atoms with E-state index >= 15 is 0 Å². The molecule has 2 heterocycles. The summed E-state index contributed by atoms with van der Waals surface area (Å²) < 4.78 is 31.4. The number of hydrogen-bond donors (Lipinski definition) is 0. The Labute approximate surface area is 131 Å². The van der Waals surface area contributed by atoms with Crippen LogP contribution in [0.1, 0.15) is 18.7 Å². The van der Waals surface area contributed by atoms with E-state index in [1.807, 2.05) is 37.3 Å². The second-order valence-electron chi connectivity index (χ2n) is 6.07. The molecule has 0 bridgehead atoms. The topological polar surface area (TPSA) is 59.0 Å². The van der Waals surface area contributed by atoms with Crippen molar-refractivity contribution in [1.82, 2.24) is 4.31 Å². The van der Waals surface area contributed by atoms with Crippen LogP contribution in [0.5, 0.6) is 0 Å². The largest absolute Gasteiger partial charge is 0.338 e. The molecule has 1 aromatic rings. The standard InChI is InChI=1S/C16H20N2O3S/c1-12(2)14-9-18(22(3,19)20)11-16(14)10-17-15(21-16)13-7-5-4-6-8-13/h4-8,10,14-15H,1,9,11H2,2-3H3/t14-,15+,16+/m0/s1. The second-order valence-corrected chi connectivity index (χ2v) is 8.05. The molecule has 1 spiro atoms. The van der Waals surface area contributed by atoms with Crippen LogP contribution in [0.15, 0.2) is 47.5 Å². The van der Waals surface area contributed by atoms with Crippen LogP contribution >= 0.6 is 0 Å². The number of aliphatic imine (C=N–C) groups is 1. The molecule has 1 aromatic carbocycles. The third-order valence-corrected chi connectivity index (χ3v) is 5.52. The molecule has 1 saturated heterocycles. The molecule has 3 atom stereocenters. The average molecular weight is 320 g/mol. The molecule has 2 aliphatic heterocycles. The predicted molar refractivity (Wildman–Crippen MR) is 86.2 cm³/mol. The molecule has 0 radical (unpaired) electrons. The molecule has 3 rings (SSSR count). The quantitative estimate of drug-likeness (QED) is 0.800. The Morgan fingerprint density at radius 2 is 2.09 bits per heavy atom. The first-order valence-electron chi connectivity index (χ1n) is 7.19. The summed E-state index contributed by atoms with van der Waals surface area (Å²) in [6.07, 6.45) is 2.61. The lowest BCUT2D eigenvalue weighted by molar-refractivity contribution is -0.0320. The van der Waals surface area contributed by atoms with Gasteiger partial charge in [-0.2, -0.15) is 4.31 Å². The van der Waals surface area contributed by atoms with Gasteiger partial charge in [-0.05, 0) is 6.92 Å². The van der Waals surface area contributed by atoms with Gasteiger partial charge in [0, 0.05) is 30.8 Å². The normalized spacial score (nSPS) is 31.9. The maximum Gasteiger partial charge on any atom is 0.211 e. The molecule has 5 nitrogen and oxygen atoms in total. The molecule has 6 heteroatoms. The van der Waals surface area contributed by atoms with Gasteiger partial charge in [0.2, 0.25) is 10.0 Å². The van der Waals surface area contributed by atoms with Crippen LogP contribution in [0.2, 0.25) is 0 Å². The molecular weight excluding hydrogens is 300 g/mol. The summed E-state index contributed by atoms with van der Waals surface area (Å²) in [6.45, 7) is 6.59. The van der Waals surface area contributed by atoms with Crippen LogP contribution in [0.3, 0.4) is 0 Å². The zero-order valence-electron chi connectivity index (χ0n) is 12.8. The molecular formula is C16H20N2O3S. The summed E-state index contributed by atoms with van der Waals surface area (Å²) in [5.41, 5.74) is 1.16. The molecule has 0 aliphatic carbocycles. The highest BCUT2D eigenvalue weighted by Crippen LogP contribution is 2.42. The maximum absolute atomic E-state index is 11.9. The van der Waals surface area contributed by atoms with Gasteiger partial charge in [0.25, 0.3) is 0 Å². The summed E-state index contributed by atoms with van der Waals surface area (Å²) in [7, 11) is -3.26. The van der Waals surface area contributed by atoms with Gasteiger partial charge in [0.1, 0.15) is 5.60 Å². The van der Waals surface area contributed by atoms with Gasteiger partial charge in [-0.25, -0.2) is 8.42 Å². The SMILES string of the molecule is C=C(C)[C@@H]1CN(S(C)(=O)=O)C[C@]12C=N[C@@H](c1ccccc1)O2. The lowest BCUT2D eigenvalue weighted by Crippen LogP contribution is -2.41. The molecule has 0 saturated carbocycles. The van der Waals surface area contributed by atoms with E-state index in [1.54, 1.807) is 6.21 Å².